The van der Waals surface area contributed by atoms with Crippen LogP contribution in [0.3, 0.4) is 0 Å². The van der Waals surface area contributed by atoms with Crippen LogP contribution < -0.4 is 5.32 Å². The zero-order chi connectivity index (χ0) is 16.9. The highest BCUT2D eigenvalue weighted by molar-refractivity contribution is 5.94. The third-order valence-corrected chi connectivity index (χ3v) is 3.57. The van der Waals surface area contributed by atoms with Crippen LogP contribution in [0.4, 0.5) is 5.69 Å². The molecule has 3 aromatic rings. The van der Waals surface area contributed by atoms with E-state index in [0.717, 1.165) is 11.3 Å². The summed E-state index contributed by atoms with van der Waals surface area (Å²) in [6.07, 6.45) is 0.509. The number of aryl methyl sites for hydroxylation is 1. The molecule has 2 N–H and O–H groups in total. The Kier molecular flexibility index (Phi) is 4.63. The number of nitrogens with one attached hydrogen (secondary N) is 1. The van der Waals surface area contributed by atoms with Gasteiger partial charge < -0.3 is 10.4 Å². The summed E-state index contributed by atoms with van der Waals surface area (Å²) in [6.45, 7) is 1.91. The van der Waals surface area contributed by atoms with E-state index in [0.29, 0.717) is 17.1 Å². The quantitative estimate of drug-likeness (QED) is 0.775. The summed E-state index contributed by atoms with van der Waals surface area (Å²) in [5, 5.41) is 12.8. The highest BCUT2D eigenvalue weighted by Crippen LogP contribution is 2.20. The Balaban J connectivity index is 1.71. The summed E-state index contributed by atoms with van der Waals surface area (Å²) >= 11 is 0. The lowest BCUT2D eigenvalue weighted by molar-refractivity contribution is -0.124. The minimum absolute atomic E-state index is 0.472. The van der Waals surface area contributed by atoms with E-state index in [2.05, 4.69) is 15.3 Å². The van der Waals surface area contributed by atoms with Crippen molar-refractivity contribution in [3.63, 3.8) is 0 Å². The molecule has 5 nitrogen and oxygen atoms in total. The maximum absolute atomic E-state index is 12.1. The fraction of sp³-hybridized carbons (Fsp3) is 0.105. The lowest BCUT2D eigenvalue weighted by atomic mass is 10.1. The topological polar surface area (TPSA) is 75.1 Å². The summed E-state index contributed by atoms with van der Waals surface area (Å²) in [5.41, 5.74) is 2.91. The number of hydrogen-bond donors (Lipinski definition) is 2. The summed E-state index contributed by atoms with van der Waals surface area (Å²) in [5.74, 6) is 0.165. The van der Waals surface area contributed by atoms with Gasteiger partial charge in [0.1, 0.15) is 0 Å². The largest absolute Gasteiger partial charge is 0.378 e. The normalized spacial score (nSPS) is 11.8. The van der Waals surface area contributed by atoms with E-state index in [4.69, 9.17) is 0 Å². The number of amides is 1. The van der Waals surface area contributed by atoms with Crippen LogP contribution >= 0.6 is 0 Å². The van der Waals surface area contributed by atoms with Crippen molar-refractivity contribution in [1.82, 2.24) is 9.97 Å². The first-order valence-corrected chi connectivity index (χ1v) is 7.57. The van der Waals surface area contributed by atoms with Crippen molar-refractivity contribution in [3.05, 3.63) is 78.1 Å². The van der Waals surface area contributed by atoms with Crippen LogP contribution in [-0.4, -0.2) is 21.0 Å². The first-order chi connectivity index (χ1) is 11.6. The lowest BCUT2D eigenvalue weighted by Gasteiger charge is -2.12. The van der Waals surface area contributed by atoms with Gasteiger partial charge in [-0.05, 0) is 42.8 Å². The smallest absolute Gasteiger partial charge is 0.257 e. The molecule has 1 unspecified atom stereocenters. The number of aliphatic hydroxyl groups excluding tert-OH is 1. The molecule has 1 aromatic heterocycles. The molecule has 0 saturated heterocycles. The molecular formula is C19H17N3O2. The first-order valence-electron chi connectivity index (χ1n) is 7.57. The van der Waals surface area contributed by atoms with E-state index in [-0.39, 0.29) is 0 Å². The molecule has 0 fully saturated rings. The van der Waals surface area contributed by atoms with Crippen LogP contribution in [0.5, 0.6) is 0 Å². The van der Waals surface area contributed by atoms with Crippen LogP contribution in [0.25, 0.3) is 11.4 Å². The van der Waals surface area contributed by atoms with E-state index in [1.807, 2.05) is 31.2 Å². The van der Waals surface area contributed by atoms with Crippen molar-refractivity contribution >= 4 is 11.6 Å². The summed E-state index contributed by atoms with van der Waals surface area (Å²) < 4.78 is 0. The van der Waals surface area contributed by atoms with E-state index in [9.17, 15) is 9.90 Å². The monoisotopic (exact) mass is 319 g/mol. The van der Waals surface area contributed by atoms with E-state index >= 15 is 0 Å². The molecule has 0 aliphatic carbocycles. The van der Waals surface area contributed by atoms with Crippen molar-refractivity contribution in [1.29, 1.82) is 0 Å². The number of carbonyl (C=O) groups excluding carboxylic acids is 1. The molecular weight excluding hydrogens is 302 g/mol. The first kappa shape index (κ1) is 15.8. The molecule has 5 heteroatoms. The van der Waals surface area contributed by atoms with Gasteiger partial charge in [-0.2, -0.15) is 0 Å². The van der Waals surface area contributed by atoms with Crippen molar-refractivity contribution in [2.24, 2.45) is 0 Å². The predicted molar refractivity (Wildman–Crippen MR) is 92.2 cm³/mol. The maximum atomic E-state index is 12.1. The van der Waals surface area contributed by atoms with Gasteiger partial charge in [0.2, 0.25) is 0 Å². The molecule has 1 atom stereocenters. The Hall–Kier alpha value is -3.05. The van der Waals surface area contributed by atoms with Gasteiger partial charge in [0.25, 0.3) is 5.91 Å². The van der Waals surface area contributed by atoms with E-state index in [1.165, 1.54) is 0 Å². The van der Waals surface area contributed by atoms with E-state index in [1.54, 1.807) is 42.6 Å². The zero-order valence-electron chi connectivity index (χ0n) is 13.2. The maximum Gasteiger partial charge on any atom is 0.257 e. The van der Waals surface area contributed by atoms with Crippen LogP contribution in [0, 0.1) is 6.92 Å². The van der Waals surface area contributed by atoms with Crippen molar-refractivity contribution in [2.45, 2.75) is 13.0 Å². The number of anilines is 1. The molecule has 0 aliphatic rings. The zero-order valence-corrected chi connectivity index (χ0v) is 13.2. The molecule has 0 saturated carbocycles. The Morgan fingerprint density at radius 3 is 2.42 bits per heavy atom. The number of benzene rings is 2. The molecule has 2 aromatic carbocycles. The predicted octanol–water partition coefficient (Wildman–Crippen LogP) is 3.12. The highest BCUT2D eigenvalue weighted by Gasteiger charge is 2.17. The molecule has 24 heavy (non-hydrogen) atoms. The Morgan fingerprint density at radius 1 is 1.04 bits per heavy atom. The molecule has 120 valence electrons. The standard InChI is InChI=1S/C19H17N3O2/c1-13-11-12-20-18(21-13)15-7-9-16(10-8-15)22-19(24)17(23)14-5-3-2-4-6-14/h2-12,17,23H,1H3,(H,22,24). The molecule has 1 amide bonds. The Morgan fingerprint density at radius 2 is 1.75 bits per heavy atom. The van der Waals surface area contributed by atoms with Crippen molar-refractivity contribution in [2.75, 3.05) is 5.32 Å². The van der Waals surface area contributed by atoms with Gasteiger partial charge in [0.05, 0.1) is 0 Å². The fourth-order valence-electron chi connectivity index (χ4n) is 2.29. The second-order valence-corrected chi connectivity index (χ2v) is 5.40. The van der Waals surface area contributed by atoms with Gasteiger partial charge in [-0.25, -0.2) is 9.97 Å². The number of aromatic nitrogens is 2. The molecule has 0 spiro atoms. The van der Waals surface area contributed by atoms with Crippen LogP contribution in [0.1, 0.15) is 17.4 Å². The average molecular weight is 319 g/mol. The highest BCUT2D eigenvalue weighted by atomic mass is 16.3. The summed E-state index contributed by atoms with van der Waals surface area (Å²) in [7, 11) is 0. The van der Waals surface area contributed by atoms with Gasteiger partial charge in [-0.15, -0.1) is 0 Å². The van der Waals surface area contributed by atoms with Crippen molar-refractivity contribution < 1.29 is 9.90 Å². The number of carbonyl (C=O) groups is 1. The molecule has 1 heterocycles. The van der Waals surface area contributed by atoms with Gasteiger partial charge in [0, 0.05) is 23.1 Å². The molecule has 3 rings (SSSR count). The van der Waals surface area contributed by atoms with E-state index < -0.39 is 12.0 Å². The molecule has 0 radical (unpaired) electrons. The second-order valence-electron chi connectivity index (χ2n) is 5.40. The Labute approximate surface area is 140 Å². The van der Waals surface area contributed by atoms with Gasteiger partial charge in [-0.1, -0.05) is 30.3 Å². The third kappa shape index (κ3) is 3.64. The number of rotatable bonds is 4. The average Bonchev–Trinajstić information content (AvgIpc) is 2.62. The second kappa shape index (κ2) is 7.02. The van der Waals surface area contributed by atoms with Crippen LogP contribution in [0.15, 0.2) is 66.9 Å². The van der Waals surface area contributed by atoms with Gasteiger partial charge >= 0.3 is 0 Å². The minimum Gasteiger partial charge on any atom is -0.378 e. The number of hydrogen-bond acceptors (Lipinski definition) is 4. The summed E-state index contributed by atoms with van der Waals surface area (Å²) in [6, 6.07) is 17.8. The Bertz CT molecular complexity index is 833. The minimum atomic E-state index is -1.20. The molecule has 0 bridgehead atoms. The third-order valence-electron chi connectivity index (χ3n) is 3.57. The lowest BCUT2D eigenvalue weighted by Crippen LogP contribution is -2.20. The fourth-order valence-corrected chi connectivity index (χ4v) is 2.29. The van der Waals surface area contributed by atoms with Gasteiger partial charge in [-0.3, -0.25) is 4.79 Å². The van der Waals surface area contributed by atoms with Gasteiger partial charge in [0.15, 0.2) is 11.9 Å². The SMILES string of the molecule is Cc1ccnc(-c2ccc(NC(=O)C(O)c3ccccc3)cc2)n1. The van der Waals surface area contributed by atoms with Crippen LogP contribution in [-0.2, 0) is 4.79 Å². The summed E-state index contributed by atoms with van der Waals surface area (Å²) in [4.78, 5) is 20.7. The van der Waals surface area contributed by atoms with Crippen molar-refractivity contribution in [3.8, 4) is 11.4 Å². The number of aliphatic hydroxyl groups is 1. The molecule has 0 aliphatic heterocycles. The van der Waals surface area contributed by atoms with Crippen LogP contribution in [0.2, 0.25) is 0 Å². The number of nitrogens with zero attached hydrogens (tertiary/aromatic N) is 2.